The van der Waals surface area contributed by atoms with E-state index in [1.807, 2.05) is 30.3 Å². The second-order valence-corrected chi connectivity index (χ2v) is 9.38. The molecular formula is C25H32ClN3O5. The van der Waals surface area contributed by atoms with Gasteiger partial charge in [0.2, 0.25) is 11.8 Å². The number of amides is 3. The lowest BCUT2D eigenvalue weighted by Crippen LogP contribution is -2.53. The van der Waals surface area contributed by atoms with Gasteiger partial charge in [-0.25, -0.2) is 4.79 Å². The van der Waals surface area contributed by atoms with Gasteiger partial charge in [-0.2, -0.15) is 0 Å². The van der Waals surface area contributed by atoms with Crippen molar-refractivity contribution < 1.29 is 24.2 Å². The van der Waals surface area contributed by atoms with Crippen LogP contribution in [0.4, 0.5) is 4.79 Å². The van der Waals surface area contributed by atoms with Gasteiger partial charge in [0.05, 0.1) is 0 Å². The predicted molar refractivity (Wildman–Crippen MR) is 130 cm³/mol. The number of nitrogens with one attached hydrogen (secondary N) is 3. The number of carbonyl (C=O) groups excluding carboxylic acids is 3. The van der Waals surface area contributed by atoms with Crippen molar-refractivity contribution in [3.05, 3.63) is 64.7 Å². The number of hydrogen-bond acceptors (Lipinski definition) is 5. The van der Waals surface area contributed by atoms with Crippen LogP contribution < -0.4 is 16.0 Å². The number of alkyl carbamates (subject to hydrolysis) is 1. The smallest absolute Gasteiger partial charge is 0.408 e. The summed E-state index contributed by atoms with van der Waals surface area (Å²) < 4.78 is 5.29. The minimum Gasteiger partial charge on any atom is -0.508 e. The highest BCUT2D eigenvalue weighted by molar-refractivity contribution is 6.30. The van der Waals surface area contributed by atoms with E-state index in [4.69, 9.17) is 16.3 Å². The van der Waals surface area contributed by atoms with E-state index in [1.54, 1.807) is 26.8 Å². The quantitative estimate of drug-likeness (QED) is 0.428. The molecule has 0 aliphatic carbocycles. The monoisotopic (exact) mass is 489 g/mol. The van der Waals surface area contributed by atoms with Gasteiger partial charge in [-0.15, -0.1) is 0 Å². The van der Waals surface area contributed by atoms with E-state index in [2.05, 4.69) is 16.0 Å². The fourth-order valence-electron chi connectivity index (χ4n) is 3.08. The topological polar surface area (TPSA) is 117 Å². The first-order chi connectivity index (χ1) is 15.9. The minimum atomic E-state index is -0.901. The summed E-state index contributed by atoms with van der Waals surface area (Å²) in [5.74, 6) is -0.953. The second-order valence-electron chi connectivity index (χ2n) is 8.94. The number of phenolic OH excluding ortho intramolecular Hbond substituents is 1. The lowest BCUT2D eigenvalue weighted by molar-refractivity contribution is -0.129. The van der Waals surface area contributed by atoms with Crippen molar-refractivity contribution in [2.24, 2.45) is 0 Å². The van der Waals surface area contributed by atoms with Gasteiger partial charge in [-0.1, -0.05) is 41.9 Å². The predicted octanol–water partition coefficient (Wildman–Crippen LogP) is 3.69. The molecule has 2 atom stereocenters. The number of aryl methyl sites for hydroxylation is 1. The molecule has 2 rings (SSSR count). The Balaban J connectivity index is 1.99. The fraction of sp³-hybridized carbons (Fsp3) is 0.400. The van der Waals surface area contributed by atoms with Gasteiger partial charge >= 0.3 is 6.09 Å². The van der Waals surface area contributed by atoms with Gasteiger partial charge in [0.25, 0.3) is 0 Å². The number of benzene rings is 2. The summed E-state index contributed by atoms with van der Waals surface area (Å²) in [5.41, 5.74) is 0.744. The molecule has 0 radical (unpaired) electrons. The first-order valence-corrected chi connectivity index (χ1v) is 11.4. The Labute approximate surface area is 205 Å². The number of hydrogen-bond donors (Lipinski definition) is 4. The van der Waals surface area contributed by atoms with Crippen molar-refractivity contribution in [3.63, 3.8) is 0 Å². The number of phenols is 1. The van der Waals surface area contributed by atoms with E-state index < -0.39 is 35.6 Å². The van der Waals surface area contributed by atoms with E-state index in [1.165, 1.54) is 19.1 Å². The Morgan fingerprint density at radius 1 is 1.03 bits per heavy atom. The van der Waals surface area contributed by atoms with Crippen molar-refractivity contribution in [3.8, 4) is 5.75 Å². The molecule has 0 aliphatic heterocycles. The average molecular weight is 490 g/mol. The lowest BCUT2D eigenvalue weighted by atomic mass is 10.0. The molecule has 0 aromatic heterocycles. The number of rotatable bonds is 9. The normalized spacial score (nSPS) is 12.9. The zero-order valence-corrected chi connectivity index (χ0v) is 20.6. The third kappa shape index (κ3) is 9.31. The molecule has 4 N–H and O–H groups in total. The molecule has 2 aromatic carbocycles. The summed E-state index contributed by atoms with van der Waals surface area (Å²) in [6, 6.07) is 12.3. The van der Waals surface area contributed by atoms with Crippen LogP contribution >= 0.6 is 11.6 Å². The zero-order chi connectivity index (χ0) is 25.3. The molecule has 184 valence electrons. The van der Waals surface area contributed by atoms with E-state index in [-0.39, 0.29) is 12.3 Å². The standard InChI is InChI=1S/C25H32ClN3O5/c1-16(22(31)27-15-18-14-19(26)11-13-21(18)30)28-23(32)20(29-24(33)34-25(2,3)4)12-10-17-8-6-5-7-9-17/h5-9,11,13-14,16,20,30H,10,12,15H2,1-4H3,(H,27,31)(H,28,32)(H,29,33)/t16-,20+/m0/s1. The Bertz CT molecular complexity index is 992. The zero-order valence-electron chi connectivity index (χ0n) is 19.9. The molecule has 0 aliphatic rings. The van der Waals surface area contributed by atoms with Crippen molar-refractivity contribution in [2.75, 3.05) is 0 Å². The molecule has 0 saturated carbocycles. The fourth-order valence-corrected chi connectivity index (χ4v) is 3.28. The molecule has 0 bridgehead atoms. The van der Waals surface area contributed by atoms with Gasteiger partial charge in [-0.3, -0.25) is 9.59 Å². The van der Waals surface area contributed by atoms with Crippen LogP contribution in [0.1, 0.15) is 45.2 Å². The summed E-state index contributed by atoms with van der Waals surface area (Å²) in [6.45, 7) is 6.77. The number of halogens is 1. The van der Waals surface area contributed by atoms with Crippen molar-refractivity contribution in [1.29, 1.82) is 0 Å². The van der Waals surface area contributed by atoms with E-state index in [0.29, 0.717) is 23.4 Å². The summed E-state index contributed by atoms with van der Waals surface area (Å²) in [6.07, 6.45) is 0.151. The Morgan fingerprint density at radius 3 is 2.35 bits per heavy atom. The van der Waals surface area contributed by atoms with Crippen LogP contribution in [-0.2, 0) is 27.3 Å². The van der Waals surface area contributed by atoms with Gasteiger partial charge in [0, 0.05) is 17.1 Å². The molecule has 9 heteroatoms. The molecular weight excluding hydrogens is 458 g/mol. The summed E-state index contributed by atoms with van der Waals surface area (Å²) in [5, 5.41) is 18.2. The lowest BCUT2D eigenvalue weighted by Gasteiger charge is -2.24. The summed E-state index contributed by atoms with van der Waals surface area (Å²) in [7, 11) is 0. The Kier molecular flexibility index (Phi) is 9.74. The summed E-state index contributed by atoms with van der Waals surface area (Å²) in [4.78, 5) is 37.7. The number of aromatic hydroxyl groups is 1. The van der Waals surface area contributed by atoms with Crippen LogP contribution in [0.2, 0.25) is 5.02 Å². The van der Waals surface area contributed by atoms with Crippen molar-refractivity contribution >= 4 is 29.5 Å². The molecule has 8 nitrogen and oxygen atoms in total. The minimum absolute atomic E-state index is 0.00363. The third-order valence-corrected chi connectivity index (χ3v) is 5.05. The van der Waals surface area contributed by atoms with Crippen LogP contribution in [0.15, 0.2) is 48.5 Å². The first-order valence-electron chi connectivity index (χ1n) is 11.0. The molecule has 34 heavy (non-hydrogen) atoms. The van der Waals surface area contributed by atoms with E-state index in [9.17, 15) is 19.5 Å². The summed E-state index contributed by atoms with van der Waals surface area (Å²) >= 11 is 5.93. The number of ether oxygens (including phenoxy) is 1. The molecule has 2 aromatic rings. The highest BCUT2D eigenvalue weighted by Crippen LogP contribution is 2.21. The molecule has 3 amide bonds. The van der Waals surface area contributed by atoms with Gasteiger partial charge in [0.15, 0.2) is 0 Å². The van der Waals surface area contributed by atoms with Crippen LogP contribution in [0, 0.1) is 0 Å². The van der Waals surface area contributed by atoms with Crippen molar-refractivity contribution in [2.45, 2.75) is 64.8 Å². The SMILES string of the molecule is C[C@H](NC(=O)[C@@H](CCc1ccccc1)NC(=O)OC(C)(C)C)C(=O)NCc1cc(Cl)ccc1O. The maximum Gasteiger partial charge on any atom is 0.408 e. The third-order valence-electron chi connectivity index (χ3n) is 4.82. The molecule has 0 fully saturated rings. The Hall–Kier alpha value is -3.26. The van der Waals surface area contributed by atoms with E-state index >= 15 is 0 Å². The molecule has 0 heterocycles. The largest absolute Gasteiger partial charge is 0.508 e. The second kappa shape index (κ2) is 12.3. The first kappa shape index (κ1) is 27.0. The van der Waals surface area contributed by atoms with Crippen LogP contribution in [-0.4, -0.2) is 40.7 Å². The van der Waals surface area contributed by atoms with Gasteiger partial charge < -0.3 is 25.8 Å². The Morgan fingerprint density at radius 2 is 1.71 bits per heavy atom. The average Bonchev–Trinajstić information content (AvgIpc) is 2.76. The van der Waals surface area contributed by atoms with E-state index in [0.717, 1.165) is 5.56 Å². The van der Waals surface area contributed by atoms with Crippen molar-refractivity contribution in [1.82, 2.24) is 16.0 Å². The highest BCUT2D eigenvalue weighted by Gasteiger charge is 2.26. The van der Waals surface area contributed by atoms with Crippen LogP contribution in [0.5, 0.6) is 5.75 Å². The van der Waals surface area contributed by atoms with Gasteiger partial charge in [-0.05, 0) is 64.3 Å². The number of carbonyl (C=O) groups is 3. The van der Waals surface area contributed by atoms with Gasteiger partial charge in [0.1, 0.15) is 23.4 Å². The maximum atomic E-state index is 12.9. The molecule has 0 spiro atoms. The molecule has 0 saturated heterocycles. The van der Waals surface area contributed by atoms with Crippen LogP contribution in [0.25, 0.3) is 0 Å². The molecule has 0 unspecified atom stereocenters. The highest BCUT2D eigenvalue weighted by atomic mass is 35.5. The van der Waals surface area contributed by atoms with Crippen LogP contribution in [0.3, 0.4) is 0 Å². The maximum absolute atomic E-state index is 12.9.